The minimum atomic E-state index is -0.990. The van der Waals surface area contributed by atoms with Gasteiger partial charge in [-0.2, -0.15) is 0 Å². The van der Waals surface area contributed by atoms with Crippen LogP contribution in [-0.2, 0) is 9.53 Å². The number of aryl methyl sites for hydroxylation is 1. The molecule has 0 aliphatic rings. The predicted octanol–water partition coefficient (Wildman–Crippen LogP) is 4.49. The maximum Gasteiger partial charge on any atom is 0.341 e. The van der Waals surface area contributed by atoms with Crippen molar-refractivity contribution in [3.05, 3.63) is 63.6 Å². The summed E-state index contributed by atoms with van der Waals surface area (Å²) in [7, 11) is 0. The molecule has 0 aromatic heterocycles. The van der Waals surface area contributed by atoms with E-state index in [0.717, 1.165) is 5.56 Å². The molecule has 0 saturated carbocycles. The molecule has 2 aromatic rings. The van der Waals surface area contributed by atoms with E-state index < -0.39 is 18.0 Å². The molecule has 0 bridgehead atoms. The molecule has 120 valence electrons. The van der Waals surface area contributed by atoms with Gasteiger partial charge in [0.2, 0.25) is 0 Å². The molecule has 0 radical (unpaired) electrons. The summed E-state index contributed by atoms with van der Waals surface area (Å²) in [6, 6.07) is 12.0. The lowest BCUT2D eigenvalue weighted by Crippen LogP contribution is -2.30. The van der Waals surface area contributed by atoms with Crippen LogP contribution in [0.1, 0.15) is 22.8 Å². The molecular weight excluding hydrogens is 337 g/mol. The molecule has 0 aliphatic heterocycles. The van der Waals surface area contributed by atoms with Crippen molar-refractivity contribution < 1.29 is 14.3 Å². The quantitative estimate of drug-likeness (QED) is 0.825. The van der Waals surface area contributed by atoms with Gasteiger partial charge >= 0.3 is 5.97 Å². The summed E-state index contributed by atoms with van der Waals surface area (Å²) in [5.41, 5.74) is 1.75. The predicted molar refractivity (Wildman–Crippen MR) is 91.1 cm³/mol. The number of hydrogen-bond acceptors (Lipinski definition) is 3. The Morgan fingerprint density at radius 3 is 2.17 bits per heavy atom. The van der Waals surface area contributed by atoms with Crippen LogP contribution >= 0.6 is 23.2 Å². The number of nitrogens with one attached hydrogen (secondary N) is 1. The molecule has 6 heteroatoms. The van der Waals surface area contributed by atoms with Crippen molar-refractivity contribution >= 4 is 40.8 Å². The SMILES string of the molecule is Cc1ccc(NC(=O)[C@@H](C)OC(=O)c2c(Cl)cccc2Cl)cc1. The van der Waals surface area contributed by atoms with E-state index in [-0.39, 0.29) is 15.6 Å². The third kappa shape index (κ3) is 4.47. The molecule has 0 aliphatic carbocycles. The first-order valence-electron chi connectivity index (χ1n) is 6.91. The van der Waals surface area contributed by atoms with E-state index >= 15 is 0 Å². The van der Waals surface area contributed by atoms with Crippen LogP contribution < -0.4 is 5.32 Å². The summed E-state index contributed by atoms with van der Waals surface area (Å²) in [5, 5.41) is 3.02. The van der Waals surface area contributed by atoms with Gasteiger partial charge in [0.25, 0.3) is 5.91 Å². The Labute approximate surface area is 144 Å². The number of rotatable bonds is 4. The van der Waals surface area contributed by atoms with Crippen LogP contribution in [0.15, 0.2) is 42.5 Å². The number of benzene rings is 2. The molecule has 1 amide bonds. The summed E-state index contributed by atoms with van der Waals surface area (Å²) in [6.07, 6.45) is -0.990. The fourth-order valence-electron chi connectivity index (χ4n) is 1.85. The molecule has 0 unspecified atom stereocenters. The maximum absolute atomic E-state index is 12.1. The van der Waals surface area contributed by atoms with E-state index in [4.69, 9.17) is 27.9 Å². The zero-order valence-corrected chi connectivity index (χ0v) is 14.1. The highest BCUT2D eigenvalue weighted by Crippen LogP contribution is 2.25. The standard InChI is InChI=1S/C17H15Cl2NO3/c1-10-6-8-12(9-7-10)20-16(21)11(2)23-17(22)15-13(18)4-3-5-14(15)19/h3-9,11H,1-2H3,(H,20,21)/t11-/m1/s1. The van der Waals surface area contributed by atoms with Crippen LogP contribution in [0.4, 0.5) is 5.69 Å². The molecule has 23 heavy (non-hydrogen) atoms. The van der Waals surface area contributed by atoms with Crippen LogP contribution in [0, 0.1) is 6.92 Å². The Morgan fingerprint density at radius 2 is 1.61 bits per heavy atom. The van der Waals surface area contributed by atoms with Gasteiger partial charge in [0, 0.05) is 5.69 Å². The number of ether oxygens (including phenoxy) is 1. The lowest BCUT2D eigenvalue weighted by molar-refractivity contribution is -0.123. The lowest BCUT2D eigenvalue weighted by atomic mass is 10.2. The van der Waals surface area contributed by atoms with Gasteiger partial charge < -0.3 is 10.1 Å². The topological polar surface area (TPSA) is 55.4 Å². The summed E-state index contributed by atoms with van der Waals surface area (Å²) < 4.78 is 5.14. The first-order valence-corrected chi connectivity index (χ1v) is 7.66. The molecule has 2 rings (SSSR count). The number of carbonyl (C=O) groups excluding carboxylic acids is 2. The molecule has 2 aromatic carbocycles. The molecule has 0 heterocycles. The minimum Gasteiger partial charge on any atom is -0.449 e. The van der Waals surface area contributed by atoms with Gasteiger partial charge in [0.15, 0.2) is 6.10 Å². The molecule has 0 saturated heterocycles. The summed E-state index contributed by atoms with van der Waals surface area (Å²) in [5.74, 6) is -1.18. The highest BCUT2D eigenvalue weighted by atomic mass is 35.5. The second-order valence-corrected chi connectivity index (χ2v) is 5.81. The lowest BCUT2D eigenvalue weighted by Gasteiger charge is -2.14. The smallest absolute Gasteiger partial charge is 0.341 e. The van der Waals surface area contributed by atoms with Crippen LogP contribution in [0.2, 0.25) is 10.0 Å². The van der Waals surface area contributed by atoms with E-state index in [2.05, 4.69) is 5.32 Å². The second-order valence-electron chi connectivity index (χ2n) is 5.00. The monoisotopic (exact) mass is 351 g/mol. The molecule has 0 fully saturated rings. The van der Waals surface area contributed by atoms with E-state index in [1.54, 1.807) is 18.2 Å². The van der Waals surface area contributed by atoms with Crippen molar-refractivity contribution in [2.75, 3.05) is 5.32 Å². The van der Waals surface area contributed by atoms with Crippen molar-refractivity contribution in [1.82, 2.24) is 0 Å². The van der Waals surface area contributed by atoms with Crippen molar-refractivity contribution in [1.29, 1.82) is 0 Å². The Hall–Kier alpha value is -2.04. The van der Waals surface area contributed by atoms with Crippen LogP contribution in [-0.4, -0.2) is 18.0 Å². The average molecular weight is 352 g/mol. The highest BCUT2D eigenvalue weighted by molar-refractivity contribution is 6.39. The van der Waals surface area contributed by atoms with Gasteiger partial charge in [-0.3, -0.25) is 4.79 Å². The van der Waals surface area contributed by atoms with Crippen molar-refractivity contribution in [2.24, 2.45) is 0 Å². The average Bonchev–Trinajstić information content (AvgIpc) is 2.49. The van der Waals surface area contributed by atoms with E-state index in [0.29, 0.717) is 5.69 Å². The minimum absolute atomic E-state index is 0.0471. The van der Waals surface area contributed by atoms with Crippen LogP contribution in [0.5, 0.6) is 0 Å². The van der Waals surface area contributed by atoms with Gasteiger partial charge in [0.1, 0.15) is 0 Å². The fraction of sp³-hybridized carbons (Fsp3) is 0.176. The Bertz CT molecular complexity index is 709. The number of esters is 1. The molecule has 1 N–H and O–H groups in total. The molecular formula is C17H15Cl2NO3. The number of anilines is 1. The van der Waals surface area contributed by atoms with E-state index in [1.807, 2.05) is 19.1 Å². The number of amides is 1. The van der Waals surface area contributed by atoms with Gasteiger partial charge in [-0.25, -0.2) is 4.79 Å². The van der Waals surface area contributed by atoms with Gasteiger partial charge in [-0.05, 0) is 38.1 Å². The summed E-state index contributed by atoms with van der Waals surface area (Å²) in [4.78, 5) is 24.2. The zero-order valence-electron chi connectivity index (χ0n) is 12.6. The highest BCUT2D eigenvalue weighted by Gasteiger charge is 2.22. The molecule has 1 atom stereocenters. The van der Waals surface area contributed by atoms with Crippen LogP contribution in [0.25, 0.3) is 0 Å². The van der Waals surface area contributed by atoms with E-state index in [9.17, 15) is 9.59 Å². The first-order chi connectivity index (χ1) is 10.9. The van der Waals surface area contributed by atoms with E-state index in [1.165, 1.54) is 19.1 Å². The van der Waals surface area contributed by atoms with Crippen molar-refractivity contribution in [2.45, 2.75) is 20.0 Å². The summed E-state index contributed by atoms with van der Waals surface area (Å²) in [6.45, 7) is 3.43. The fourth-order valence-corrected chi connectivity index (χ4v) is 2.40. The third-order valence-electron chi connectivity index (χ3n) is 3.14. The number of carbonyl (C=O) groups is 2. The molecule has 4 nitrogen and oxygen atoms in total. The van der Waals surface area contributed by atoms with Gasteiger partial charge in [0.05, 0.1) is 15.6 Å². The van der Waals surface area contributed by atoms with Gasteiger partial charge in [-0.1, -0.05) is 47.0 Å². The number of hydrogen-bond donors (Lipinski definition) is 1. The first kappa shape index (κ1) is 17.3. The van der Waals surface area contributed by atoms with Crippen molar-refractivity contribution in [3.8, 4) is 0 Å². The Morgan fingerprint density at radius 1 is 1.04 bits per heavy atom. The maximum atomic E-state index is 12.1. The van der Waals surface area contributed by atoms with Crippen LogP contribution in [0.3, 0.4) is 0 Å². The largest absolute Gasteiger partial charge is 0.449 e. The van der Waals surface area contributed by atoms with Gasteiger partial charge in [-0.15, -0.1) is 0 Å². The second kappa shape index (κ2) is 7.49. The molecule has 0 spiro atoms. The van der Waals surface area contributed by atoms with Crippen molar-refractivity contribution in [3.63, 3.8) is 0 Å². The number of halogens is 2. The Balaban J connectivity index is 2.03. The summed E-state index contributed by atoms with van der Waals surface area (Å²) >= 11 is 11.9. The Kier molecular flexibility index (Phi) is 5.64. The third-order valence-corrected chi connectivity index (χ3v) is 3.77. The normalized spacial score (nSPS) is 11.7. The zero-order chi connectivity index (χ0) is 17.0.